The minimum Gasteiger partial charge on any atom is -0.313 e. The number of hydrogen-bond acceptors (Lipinski definition) is 3. The van der Waals surface area contributed by atoms with Crippen LogP contribution in [0.15, 0.2) is 0 Å². The molecule has 5 atom stereocenters. The largest absolute Gasteiger partial charge is 0.313 e. The fraction of sp³-hybridized carbons (Fsp3) is 1.00. The summed E-state index contributed by atoms with van der Waals surface area (Å²) in [5, 5.41) is 3.78. The molecule has 2 aliphatic rings. The lowest BCUT2D eigenvalue weighted by molar-refractivity contribution is 0.0000782. The molecule has 0 bridgehead atoms. The second-order valence-electron chi connectivity index (χ2n) is 7.87. The molecule has 2 rings (SSSR count). The van der Waals surface area contributed by atoms with E-state index >= 15 is 0 Å². The molecule has 0 aromatic heterocycles. The molecule has 1 saturated heterocycles. The van der Waals surface area contributed by atoms with E-state index in [-0.39, 0.29) is 0 Å². The fourth-order valence-electron chi connectivity index (χ4n) is 4.40. The molecule has 1 aliphatic heterocycles. The Labute approximate surface area is 132 Å². The SMILES string of the molecule is CCNC1CCC(C(C)C)CC1N1CC(C)N(C)C(C)C1. The van der Waals surface area contributed by atoms with E-state index in [0.717, 1.165) is 24.4 Å². The van der Waals surface area contributed by atoms with Crippen molar-refractivity contribution < 1.29 is 0 Å². The van der Waals surface area contributed by atoms with Crippen LogP contribution >= 0.6 is 0 Å². The Bertz CT molecular complexity index is 306. The molecule has 1 aliphatic carbocycles. The van der Waals surface area contributed by atoms with Gasteiger partial charge < -0.3 is 5.32 Å². The van der Waals surface area contributed by atoms with Crippen molar-refractivity contribution in [3.8, 4) is 0 Å². The third-order valence-electron chi connectivity index (χ3n) is 6.12. The van der Waals surface area contributed by atoms with Crippen molar-refractivity contribution in [1.29, 1.82) is 0 Å². The van der Waals surface area contributed by atoms with Crippen LogP contribution in [0.4, 0.5) is 0 Å². The van der Waals surface area contributed by atoms with E-state index in [1.807, 2.05) is 0 Å². The Hall–Kier alpha value is -0.120. The standard InChI is InChI=1S/C18H37N3/c1-7-19-17-9-8-16(13(2)3)10-18(17)21-11-14(4)20(6)15(5)12-21/h13-19H,7-12H2,1-6H3. The molecule has 0 aromatic rings. The van der Waals surface area contributed by atoms with E-state index in [0.29, 0.717) is 18.1 Å². The van der Waals surface area contributed by atoms with Crippen molar-refractivity contribution in [2.45, 2.75) is 78.0 Å². The van der Waals surface area contributed by atoms with E-state index in [4.69, 9.17) is 0 Å². The highest BCUT2D eigenvalue weighted by atomic mass is 15.3. The third kappa shape index (κ3) is 4.00. The van der Waals surface area contributed by atoms with E-state index in [1.54, 1.807) is 0 Å². The van der Waals surface area contributed by atoms with Gasteiger partial charge in [-0.3, -0.25) is 9.80 Å². The summed E-state index contributed by atoms with van der Waals surface area (Å²) in [4.78, 5) is 5.35. The molecular formula is C18H37N3. The molecule has 0 radical (unpaired) electrons. The first kappa shape index (κ1) is 17.2. The Kier molecular flexibility index (Phi) is 6.10. The molecule has 2 fully saturated rings. The van der Waals surface area contributed by atoms with Crippen molar-refractivity contribution in [2.75, 3.05) is 26.7 Å². The predicted molar refractivity (Wildman–Crippen MR) is 91.7 cm³/mol. The molecular weight excluding hydrogens is 258 g/mol. The van der Waals surface area contributed by atoms with Crippen LogP contribution in [0.3, 0.4) is 0 Å². The van der Waals surface area contributed by atoms with Crippen LogP contribution in [0.1, 0.15) is 53.9 Å². The zero-order valence-electron chi connectivity index (χ0n) is 15.1. The highest BCUT2D eigenvalue weighted by Crippen LogP contribution is 2.34. The summed E-state index contributed by atoms with van der Waals surface area (Å²) in [6.07, 6.45) is 4.15. The van der Waals surface area contributed by atoms with Gasteiger partial charge in [0.05, 0.1) is 0 Å². The Balaban J connectivity index is 2.08. The van der Waals surface area contributed by atoms with Crippen molar-refractivity contribution in [3.63, 3.8) is 0 Å². The first-order valence-corrected chi connectivity index (χ1v) is 9.13. The van der Waals surface area contributed by atoms with Gasteiger partial charge in [-0.15, -0.1) is 0 Å². The monoisotopic (exact) mass is 295 g/mol. The Morgan fingerprint density at radius 2 is 1.71 bits per heavy atom. The van der Waals surface area contributed by atoms with Gasteiger partial charge in [-0.2, -0.15) is 0 Å². The first-order chi connectivity index (χ1) is 9.93. The Morgan fingerprint density at radius 3 is 2.24 bits per heavy atom. The number of likely N-dealkylation sites (N-methyl/N-ethyl adjacent to an activating group) is 2. The van der Waals surface area contributed by atoms with E-state index in [2.05, 4.69) is 56.8 Å². The quantitative estimate of drug-likeness (QED) is 0.860. The normalized spacial score (nSPS) is 39.9. The van der Waals surface area contributed by atoms with Gasteiger partial charge in [0.15, 0.2) is 0 Å². The van der Waals surface area contributed by atoms with Crippen molar-refractivity contribution in [3.05, 3.63) is 0 Å². The van der Waals surface area contributed by atoms with Crippen LogP contribution in [0.5, 0.6) is 0 Å². The molecule has 0 aromatic carbocycles. The van der Waals surface area contributed by atoms with Gasteiger partial charge in [0.25, 0.3) is 0 Å². The van der Waals surface area contributed by atoms with Gasteiger partial charge >= 0.3 is 0 Å². The number of rotatable bonds is 4. The minimum absolute atomic E-state index is 0.676. The summed E-state index contributed by atoms with van der Waals surface area (Å²) in [5.74, 6) is 1.74. The molecule has 0 spiro atoms. The molecule has 0 amide bonds. The topological polar surface area (TPSA) is 18.5 Å². The highest BCUT2D eigenvalue weighted by Gasteiger charge is 2.38. The highest BCUT2D eigenvalue weighted by molar-refractivity contribution is 4.95. The summed E-state index contributed by atoms with van der Waals surface area (Å²) >= 11 is 0. The second-order valence-corrected chi connectivity index (χ2v) is 7.87. The summed E-state index contributed by atoms with van der Waals surface area (Å²) in [5.41, 5.74) is 0. The smallest absolute Gasteiger partial charge is 0.0253 e. The summed E-state index contributed by atoms with van der Waals surface area (Å²) in [6.45, 7) is 15.4. The van der Waals surface area contributed by atoms with Gasteiger partial charge in [-0.05, 0) is 58.5 Å². The number of nitrogens with zero attached hydrogens (tertiary/aromatic N) is 2. The molecule has 3 nitrogen and oxygen atoms in total. The lowest BCUT2D eigenvalue weighted by Gasteiger charge is -2.50. The lowest BCUT2D eigenvalue weighted by Crippen LogP contribution is -2.62. The zero-order chi connectivity index (χ0) is 15.6. The maximum Gasteiger partial charge on any atom is 0.0253 e. The lowest BCUT2D eigenvalue weighted by atomic mass is 9.76. The molecule has 1 heterocycles. The number of piperazine rings is 1. The van der Waals surface area contributed by atoms with Gasteiger partial charge in [0, 0.05) is 37.3 Å². The van der Waals surface area contributed by atoms with Crippen molar-refractivity contribution in [1.82, 2.24) is 15.1 Å². The average molecular weight is 296 g/mol. The van der Waals surface area contributed by atoms with Crippen molar-refractivity contribution >= 4 is 0 Å². The minimum atomic E-state index is 0.676. The van der Waals surface area contributed by atoms with E-state index in [9.17, 15) is 0 Å². The van der Waals surface area contributed by atoms with Crippen LogP contribution in [-0.4, -0.2) is 60.6 Å². The maximum absolute atomic E-state index is 3.78. The molecule has 1 saturated carbocycles. The van der Waals surface area contributed by atoms with Gasteiger partial charge in [0.2, 0.25) is 0 Å². The molecule has 1 N–H and O–H groups in total. The first-order valence-electron chi connectivity index (χ1n) is 9.13. The summed E-state index contributed by atoms with van der Waals surface area (Å²) in [6, 6.07) is 2.79. The van der Waals surface area contributed by atoms with E-state index in [1.165, 1.54) is 32.4 Å². The summed E-state index contributed by atoms with van der Waals surface area (Å²) in [7, 11) is 2.28. The third-order valence-corrected chi connectivity index (χ3v) is 6.12. The van der Waals surface area contributed by atoms with Crippen LogP contribution in [0.25, 0.3) is 0 Å². The molecule has 5 unspecified atom stereocenters. The molecule has 21 heavy (non-hydrogen) atoms. The Morgan fingerprint density at radius 1 is 1.10 bits per heavy atom. The zero-order valence-corrected chi connectivity index (χ0v) is 15.1. The summed E-state index contributed by atoms with van der Waals surface area (Å²) < 4.78 is 0. The molecule has 3 heteroatoms. The second kappa shape index (κ2) is 7.43. The fourth-order valence-corrected chi connectivity index (χ4v) is 4.40. The van der Waals surface area contributed by atoms with Crippen LogP contribution in [0.2, 0.25) is 0 Å². The van der Waals surface area contributed by atoms with Crippen LogP contribution in [0, 0.1) is 11.8 Å². The molecule has 124 valence electrons. The van der Waals surface area contributed by atoms with Crippen LogP contribution < -0.4 is 5.32 Å². The van der Waals surface area contributed by atoms with Gasteiger partial charge in [-0.1, -0.05) is 20.8 Å². The number of nitrogens with one attached hydrogen (secondary N) is 1. The predicted octanol–water partition coefficient (Wildman–Crippen LogP) is 2.81. The van der Waals surface area contributed by atoms with Gasteiger partial charge in [0.1, 0.15) is 0 Å². The maximum atomic E-state index is 3.78. The average Bonchev–Trinajstić information content (AvgIpc) is 2.44. The number of hydrogen-bond donors (Lipinski definition) is 1. The van der Waals surface area contributed by atoms with Crippen molar-refractivity contribution in [2.24, 2.45) is 11.8 Å². The van der Waals surface area contributed by atoms with E-state index < -0.39 is 0 Å². The van der Waals surface area contributed by atoms with Crippen LogP contribution in [-0.2, 0) is 0 Å². The van der Waals surface area contributed by atoms with Gasteiger partial charge in [-0.25, -0.2) is 0 Å².